The highest BCUT2D eigenvalue weighted by Gasteiger charge is 2.27. The van der Waals surface area contributed by atoms with E-state index in [-0.39, 0.29) is 11.4 Å². The van der Waals surface area contributed by atoms with Gasteiger partial charge in [0.2, 0.25) is 0 Å². The van der Waals surface area contributed by atoms with Gasteiger partial charge in [0.25, 0.3) is 5.91 Å². The fourth-order valence-electron chi connectivity index (χ4n) is 2.77. The Labute approximate surface area is 187 Å². The molecule has 1 heterocycles. The van der Waals surface area contributed by atoms with E-state index in [0.29, 0.717) is 26.4 Å². The molecule has 0 bridgehead atoms. The Kier molecular flexibility index (Phi) is 7.28. The standard InChI is InChI=1S/C21H21BrN2O5S/c1-3-12-4-6-14(7-5-12)23-21-24-20(27)18(30-21)9-13-8-16(28-2)17(10-15(13)22)29-11-19(25)26/h4-10,21,23H,3,11H2,1-2H3,(H,24,27)(H,25,26)/b18-9-/t21-/m1/s1. The van der Waals surface area contributed by atoms with Gasteiger partial charge in [-0.3, -0.25) is 4.79 Å². The third kappa shape index (κ3) is 5.48. The number of halogens is 1. The van der Waals surface area contributed by atoms with Gasteiger partial charge in [-0.05, 0) is 47.9 Å². The summed E-state index contributed by atoms with van der Waals surface area (Å²) >= 11 is 4.82. The average molecular weight is 493 g/mol. The van der Waals surface area contributed by atoms with Crippen molar-refractivity contribution in [3.05, 3.63) is 56.9 Å². The molecule has 1 fully saturated rings. The Hall–Kier alpha value is -2.65. The summed E-state index contributed by atoms with van der Waals surface area (Å²) in [5.41, 5.74) is 2.60. The fourth-order valence-corrected chi connectivity index (χ4v) is 4.18. The van der Waals surface area contributed by atoms with Crippen LogP contribution in [0.4, 0.5) is 5.69 Å². The SMILES string of the molecule is CCc1ccc(N[C@@H]2NC(=O)/C(=C/c3cc(OC)c(OCC(=O)O)cc3Br)S2)cc1. The number of ether oxygens (including phenoxy) is 2. The van der Waals surface area contributed by atoms with E-state index in [1.165, 1.54) is 24.4 Å². The van der Waals surface area contributed by atoms with Crippen LogP contribution in [0, 0.1) is 0 Å². The van der Waals surface area contributed by atoms with Crippen molar-refractivity contribution in [3.63, 3.8) is 0 Å². The van der Waals surface area contributed by atoms with Crippen LogP contribution in [0.5, 0.6) is 11.5 Å². The first kappa shape index (κ1) is 22.0. The molecule has 30 heavy (non-hydrogen) atoms. The molecule has 2 aromatic carbocycles. The Bertz CT molecular complexity index is 978. The number of hydrogen-bond donors (Lipinski definition) is 3. The van der Waals surface area contributed by atoms with E-state index in [2.05, 4.69) is 45.6 Å². The summed E-state index contributed by atoms with van der Waals surface area (Å²) in [6, 6.07) is 11.4. The molecule has 0 spiro atoms. The Morgan fingerprint density at radius 2 is 2.03 bits per heavy atom. The molecule has 0 radical (unpaired) electrons. The van der Waals surface area contributed by atoms with Crippen LogP contribution >= 0.6 is 27.7 Å². The number of aliphatic carboxylic acids is 1. The van der Waals surface area contributed by atoms with E-state index in [9.17, 15) is 9.59 Å². The van der Waals surface area contributed by atoms with Crippen LogP contribution in [-0.4, -0.2) is 36.2 Å². The number of aryl methyl sites for hydroxylation is 1. The zero-order chi connectivity index (χ0) is 21.7. The summed E-state index contributed by atoms with van der Waals surface area (Å²) in [6.45, 7) is 1.62. The number of rotatable bonds is 8. The Morgan fingerprint density at radius 1 is 1.30 bits per heavy atom. The highest BCUT2D eigenvalue weighted by Crippen LogP contribution is 2.37. The molecule has 0 aliphatic carbocycles. The number of carboxylic acid groups (broad SMARTS) is 1. The van der Waals surface area contributed by atoms with Crippen LogP contribution in [0.1, 0.15) is 18.1 Å². The molecule has 3 rings (SSSR count). The molecule has 1 atom stereocenters. The van der Waals surface area contributed by atoms with Crippen molar-refractivity contribution in [3.8, 4) is 11.5 Å². The number of benzene rings is 2. The molecular formula is C21H21BrN2O5S. The van der Waals surface area contributed by atoms with Gasteiger partial charge in [0, 0.05) is 10.2 Å². The van der Waals surface area contributed by atoms with E-state index < -0.39 is 12.6 Å². The van der Waals surface area contributed by atoms with Crippen molar-refractivity contribution in [2.75, 3.05) is 19.0 Å². The molecular weight excluding hydrogens is 472 g/mol. The number of nitrogens with one attached hydrogen (secondary N) is 2. The first-order chi connectivity index (χ1) is 14.4. The molecule has 3 N–H and O–H groups in total. The highest BCUT2D eigenvalue weighted by molar-refractivity contribution is 9.10. The normalized spacial score (nSPS) is 17.0. The molecule has 0 unspecified atom stereocenters. The van der Waals surface area contributed by atoms with Crippen molar-refractivity contribution in [2.24, 2.45) is 0 Å². The summed E-state index contributed by atoms with van der Waals surface area (Å²) in [4.78, 5) is 23.7. The van der Waals surface area contributed by atoms with Gasteiger partial charge < -0.3 is 25.2 Å². The van der Waals surface area contributed by atoms with Crippen LogP contribution in [0.15, 0.2) is 45.8 Å². The van der Waals surface area contributed by atoms with Gasteiger partial charge in [-0.25, -0.2) is 4.79 Å². The number of carbonyl (C=O) groups is 2. The fraction of sp³-hybridized carbons (Fsp3) is 0.238. The van der Waals surface area contributed by atoms with Gasteiger partial charge in [-0.2, -0.15) is 0 Å². The third-order valence-corrected chi connectivity index (χ3v) is 6.03. The van der Waals surface area contributed by atoms with Gasteiger partial charge in [-0.15, -0.1) is 0 Å². The number of methoxy groups -OCH3 is 1. The molecule has 1 saturated heterocycles. The van der Waals surface area contributed by atoms with Gasteiger partial charge >= 0.3 is 5.97 Å². The number of amides is 1. The summed E-state index contributed by atoms with van der Waals surface area (Å²) in [5.74, 6) is -0.589. The Balaban J connectivity index is 1.75. The molecule has 0 aromatic heterocycles. The van der Waals surface area contributed by atoms with Crippen LogP contribution in [0.25, 0.3) is 6.08 Å². The van der Waals surface area contributed by atoms with Gasteiger partial charge in [0.05, 0.1) is 12.0 Å². The Morgan fingerprint density at radius 3 is 2.67 bits per heavy atom. The summed E-state index contributed by atoms with van der Waals surface area (Å²) < 4.78 is 11.2. The van der Waals surface area contributed by atoms with Crippen molar-refractivity contribution in [1.82, 2.24) is 5.32 Å². The first-order valence-electron chi connectivity index (χ1n) is 9.16. The zero-order valence-electron chi connectivity index (χ0n) is 16.4. The molecule has 0 saturated carbocycles. The number of carboxylic acids is 1. The summed E-state index contributed by atoms with van der Waals surface area (Å²) in [6.07, 6.45) is 2.72. The average Bonchev–Trinajstić information content (AvgIpc) is 3.07. The summed E-state index contributed by atoms with van der Waals surface area (Å²) in [7, 11) is 1.47. The van der Waals surface area contributed by atoms with Crippen molar-refractivity contribution in [2.45, 2.75) is 18.8 Å². The lowest BCUT2D eigenvalue weighted by Gasteiger charge is -2.13. The van der Waals surface area contributed by atoms with E-state index in [0.717, 1.165) is 12.1 Å². The maximum Gasteiger partial charge on any atom is 0.341 e. The maximum atomic E-state index is 12.4. The third-order valence-electron chi connectivity index (χ3n) is 4.31. The van der Waals surface area contributed by atoms with Crippen molar-refractivity contribution in [1.29, 1.82) is 0 Å². The number of hydrogen-bond acceptors (Lipinski definition) is 6. The second-order valence-corrected chi connectivity index (χ2v) is 8.38. The minimum absolute atomic E-state index is 0.181. The molecule has 158 valence electrons. The zero-order valence-corrected chi connectivity index (χ0v) is 18.8. The molecule has 1 aliphatic heterocycles. The number of anilines is 1. The lowest BCUT2D eigenvalue weighted by atomic mass is 10.1. The predicted molar refractivity (Wildman–Crippen MR) is 121 cm³/mol. The smallest absolute Gasteiger partial charge is 0.341 e. The quantitative estimate of drug-likeness (QED) is 0.477. The summed E-state index contributed by atoms with van der Waals surface area (Å²) in [5, 5.41) is 15.0. The van der Waals surface area contributed by atoms with Crippen LogP contribution in [0.2, 0.25) is 0 Å². The van der Waals surface area contributed by atoms with E-state index in [4.69, 9.17) is 14.6 Å². The van der Waals surface area contributed by atoms with Crippen molar-refractivity contribution >= 4 is 51.3 Å². The van der Waals surface area contributed by atoms with Crippen LogP contribution in [0.3, 0.4) is 0 Å². The highest BCUT2D eigenvalue weighted by atomic mass is 79.9. The minimum atomic E-state index is -1.08. The van der Waals surface area contributed by atoms with E-state index in [1.54, 1.807) is 18.2 Å². The number of carbonyl (C=O) groups excluding carboxylic acids is 1. The lowest BCUT2D eigenvalue weighted by Crippen LogP contribution is -2.30. The number of thioether (sulfide) groups is 1. The van der Waals surface area contributed by atoms with Crippen LogP contribution < -0.4 is 20.1 Å². The largest absolute Gasteiger partial charge is 0.493 e. The predicted octanol–water partition coefficient (Wildman–Crippen LogP) is 4.08. The topological polar surface area (TPSA) is 96.9 Å². The monoisotopic (exact) mass is 492 g/mol. The van der Waals surface area contributed by atoms with Gasteiger partial charge in [0.15, 0.2) is 23.6 Å². The van der Waals surface area contributed by atoms with E-state index >= 15 is 0 Å². The molecule has 7 nitrogen and oxygen atoms in total. The second kappa shape index (κ2) is 9.90. The molecule has 2 aromatic rings. The first-order valence-corrected chi connectivity index (χ1v) is 10.8. The van der Waals surface area contributed by atoms with Crippen molar-refractivity contribution < 1.29 is 24.2 Å². The van der Waals surface area contributed by atoms with Crippen LogP contribution in [-0.2, 0) is 16.0 Å². The molecule has 1 amide bonds. The lowest BCUT2D eigenvalue weighted by molar-refractivity contribution is -0.139. The molecule has 9 heteroatoms. The van der Waals surface area contributed by atoms with E-state index in [1.807, 2.05) is 12.1 Å². The molecule has 1 aliphatic rings. The minimum Gasteiger partial charge on any atom is -0.493 e. The maximum absolute atomic E-state index is 12.4. The van der Waals surface area contributed by atoms with Gasteiger partial charge in [-0.1, -0.05) is 46.7 Å². The second-order valence-electron chi connectivity index (χ2n) is 6.38. The van der Waals surface area contributed by atoms with Gasteiger partial charge in [0.1, 0.15) is 0 Å².